The van der Waals surface area contributed by atoms with E-state index in [4.69, 9.17) is 5.16 Å². The summed E-state index contributed by atoms with van der Waals surface area (Å²) >= 11 is 0. The van der Waals surface area contributed by atoms with Crippen LogP contribution < -0.4 is 0 Å². The zero-order chi connectivity index (χ0) is 12.5. The molecule has 0 aromatic carbocycles. The predicted octanol–water partition coefficient (Wildman–Crippen LogP) is 6.72. The molecule has 0 aliphatic rings. The van der Waals surface area contributed by atoms with Gasteiger partial charge in [0.2, 0.25) is 7.06 Å². The minimum Gasteiger partial charge on any atom is -0.274 e. The first-order valence-corrected chi connectivity index (χ1v) is 12.1. The maximum absolute atomic E-state index is 13.5. The zero-order valence-corrected chi connectivity index (χ0v) is 11.8. The summed E-state index contributed by atoms with van der Waals surface area (Å²) in [6, 6.07) is 0. The van der Waals surface area contributed by atoms with Crippen LogP contribution in [0.2, 0.25) is 19.6 Å². The van der Waals surface area contributed by atoms with Gasteiger partial charge in [-0.05, 0) is 0 Å². The summed E-state index contributed by atoms with van der Waals surface area (Å²) in [7, 11) is -17.1. The molecule has 0 saturated carbocycles. The van der Waals surface area contributed by atoms with Crippen molar-refractivity contribution in [3.63, 3.8) is 0 Å². The highest BCUT2D eigenvalue weighted by atomic mass is 31.5. The minimum atomic E-state index is -5.67. The second-order valence-corrected chi connectivity index (χ2v) is 17.6. The summed E-state index contributed by atoms with van der Waals surface area (Å²) in [5.74, 6) is 0. The number of rotatable bonds is 3. The van der Waals surface area contributed by atoms with Crippen LogP contribution in [0, 0.1) is 5.16 Å². The summed E-state index contributed by atoms with van der Waals surface area (Å²) in [6.45, 7) is 4.06. The second-order valence-electron chi connectivity index (χ2n) is 3.58. The molecule has 0 radical (unpaired) electrons. The number of nitrogens with one attached hydrogen (secondary N) is 1. The smallest absolute Gasteiger partial charge is 0.274 e. The van der Waals surface area contributed by atoms with Crippen molar-refractivity contribution >= 4 is 31.0 Å². The number of hydrogen-bond donors (Lipinski definition) is 1. The van der Waals surface area contributed by atoms with Gasteiger partial charge in [0.05, 0.1) is 12.9 Å². The Hall–Kier alpha value is 0.427. The van der Waals surface area contributed by atoms with Crippen LogP contribution >= 0.6 is 23.2 Å². The van der Waals surface area contributed by atoms with Crippen molar-refractivity contribution < 1.29 is 21.0 Å². The van der Waals surface area contributed by atoms with E-state index >= 15 is 0 Å². The second kappa shape index (κ2) is 4.74. The number of nitrogens with zero attached hydrogens (tertiary/aromatic N) is 2. The first-order chi connectivity index (χ1) is 6.37. The highest BCUT2D eigenvalue weighted by Gasteiger charge is 2.40. The molecule has 0 aliphatic carbocycles. The van der Waals surface area contributed by atoms with Crippen LogP contribution in [0.3, 0.4) is 0 Å². The van der Waals surface area contributed by atoms with E-state index in [0.717, 1.165) is 0 Å². The van der Waals surface area contributed by atoms with E-state index in [9.17, 15) is 21.0 Å². The molecule has 3 nitrogen and oxygen atoms in total. The summed E-state index contributed by atoms with van der Waals surface area (Å²) in [5.41, 5.74) is 0. The zero-order valence-electron chi connectivity index (χ0n) is 8.13. The minimum absolute atomic E-state index is 1.35. The van der Waals surface area contributed by atoms with Crippen molar-refractivity contribution in [1.82, 2.24) is 0 Å². The normalized spacial score (nSPS) is 16.8. The predicted molar refractivity (Wildman–Crippen MR) is 57.2 cm³/mol. The maximum atomic E-state index is 13.5. The summed E-state index contributed by atoms with van der Waals surface area (Å²) in [5, 5.41) is 7.07. The van der Waals surface area contributed by atoms with Gasteiger partial charge in [-0.3, -0.25) is 5.16 Å². The van der Waals surface area contributed by atoms with Crippen LogP contribution in [0.4, 0.5) is 21.0 Å². The Morgan fingerprint density at radius 2 is 1.53 bits per heavy atom. The lowest BCUT2D eigenvalue weighted by atomic mass is 11.8. The molecule has 0 amide bonds. The van der Waals surface area contributed by atoms with Gasteiger partial charge in [0.15, 0.2) is 7.74 Å². The Kier molecular flexibility index (Phi) is 4.87. The van der Waals surface area contributed by atoms with Crippen molar-refractivity contribution in [3.05, 3.63) is 0 Å². The topological polar surface area (TPSA) is 48.6 Å². The van der Waals surface area contributed by atoms with E-state index < -0.39 is 31.0 Å². The first kappa shape index (κ1) is 15.4. The Morgan fingerprint density at radius 3 is 1.80 bits per heavy atom. The fourth-order valence-corrected chi connectivity index (χ4v) is 7.14. The van der Waals surface area contributed by atoms with Crippen molar-refractivity contribution in [1.29, 1.82) is 5.16 Å². The van der Waals surface area contributed by atoms with Crippen molar-refractivity contribution in [2.45, 2.75) is 19.6 Å². The molecule has 0 spiro atoms. The number of halogens is 5. The maximum Gasteiger partial charge on any atom is 0.668 e. The summed E-state index contributed by atoms with van der Waals surface area (Å²) in [6.07, 6.45) is 0. The fourth-order valence-electron chi connectivity index (χ4n) is 0.382. The highest BCUT2D eigenvalue weighted by molar-refractivity contribution is 7.97. The largest absolute Gasteiger partial charge is 0.668 e. The Balaban J connectivity index is 5.41. The lowest BCUT2D eigenvalue weighted by Gasteiger charge is -2.20. The van der Waals surface area contributed by atoms with Gasteiger partial charge in [0.1, 0.15) is 0 Å². The number of hydrogen-bond acceptors (Lipinski definition) is 1. The standard InChI is InChI=1S/C3H10F5N3P3Si/c1-15(2,3)14(8,9)11-13(6,7)10-12(4)5/h9H,1-3H3/q+1. The molecule has 0 bridgehead atoms. The molecule has 0 aromatic rings. The molecular weight excluding hydrogens is 294 g/mol. The van der Waals surface area contributed by atoms with Crippen molar-refractivity contribution in [3.8, 4) is 0 Å². The van der Waals surface area contributed by atoms with Gasteiger partial charge < -0.3 is 0 Å². The Bertz CT molecular complexity index is 365. The van der Waals surface area contributed by atoms with Crippen LogP contribution in [-0.2, 0) is 0 Å². The van der Waals surface area contributed by atoms with E-state index in [1.165, 1.54) is 19.6 Å². The van der Waals surface area contributed by atoms with E-state index in [2.05, 4.69) is 4.52 Å². The quantitative estimate of drug-likeness (QED) is 0.342. The molecule has 12 heteroatoms. The molecule has 0 fully saturated rings. The lowest BCUT2D eigenvalue weighted by Crippen LogP contribution is -2.16. The SMILES string of the molecule is C[Si](C)(C)P(=N)(F)N=P(F)(F)N=[P+](F)F. The average Bonchev–Trinajstić information content (AvgIpc) is 1.75. The Labute approximate surface area is 86.4 Å². The van der Waals surface area contributed by atoms with E-state index in [0.29, 0.717) is 0 Å². The van der Waals surface area contributed by atoms with Gasteiger partial charge in [-0.15, -0.1) is 8.39 Å². The van der Waals surface area contributed by atoms with Crippen LogP contribution in [0.1, 0.15) is 0 Å². The van der Waals surface area contributed by atoms with Crippen molar-refractivity contribution in [2.24, 2.45) is 9.03 Å². The molecule has 1 unspecified atom stereocenters. The summed E-state index contributed by atoms with van der Waals surface area (Å²) < 4.78 is 66.3. The lowest BCUT2D eigenvalue weighted by molar-refractivity contribution is 0.716. The van der Waals surface area contributed by atoms with Gasteiger partial charge in [-0.25, -0.2) is 0 Å². The van der Waals surface area contributed by atoms with Crippen LogP contribution in [0.25, 0.3) is 0 Å². The molecule has 0 saturated heterocycles. The third kappa shape index (κ3) is 5.34. The van der Waals surface area contributed by atoms with Crippen LogP contribution in [0.15, 0.2) is 9.03 Å². The van der Waals surface area contributed by atoms with Gasteiger partial charge >= 0.3 is 16.2 Å². The van der Waals surface area contributed by atoms with E-state index in [1.54, 1.807) is 0 Å². The first-order valence-electron chi connectivity index (χ1n) is 3.59. The van der Waals surface area contributed by atoms with Gasteiger partial charge in [0, 0.05) is 0 Å². The molecule has 0 aliphatic heterocycles. The average molecular weight is 304 g/mol. The third-order valence-electron chi connectivity index (χ3n) is 1.30. The van der Waals surface area contributed by atoms with Crippen LogP contribution in [0.5, 0.6) is 0 Å². The van der Waals surface area contributed by atoms with Gasteiger partial charge in [-0.2, -0.15) is 8.71 Å². The van der Waals surface area contributed by atoms with E-state index in [-0.39, 0.29) is 0 Å². The summed E-state index contributed by atoms with van der Waals surface area (Å²) in [4.78, 5) is 0. The van der Waals surface area contributed by atoms with Gasteiger partial charge in [0.25, 0.3) is 0 Å². The third-order valence-corrected chi connectivity index (χ3v) is 12.5. The molecule has 1 N–H and O–H groups in total. The molecule has 0 heterocycles. The Morgan fingerprint density at radius 1 is 1.13 bits per heavy atom. The van der Waals surface area contributed by atoms with Crippen molar-refractivity contribution in [2.75, 3.05) is 0 Å². The highest BCUT2D eigenvalue weighted by Crippen LogP contribution is 2.71. The molecule has 15 heavy (non-hydrogen) atoms. The molecule has 90 valence electrons. The monoisotopic (exact) mass is 304 g/mol. The molecule has 1 atom stereocenters. The van der Waals surface area contributed by atoms with E-state index in [1.807, 2.05) is 4.52 Å². The fraction of sp³-hybridized carbons (Fsp3) is 1.00. The van der Waals surface area contributed by atoms with Gasteiger partial charge in [-0.1, -0.05) is 19.6 Å². The van der Waals surface area contributed by atoms with Crippen LogP contribution in [-0.4, -0.2) is 7.74 Å². The molecule has 0 rings (SSSR count). The molecule has 0 aromatic heterocycles. The molecular formula is C3H10F5N3P3Si+.